The third-order valence-corrected chi connectivity index (χ3v) is 6.79. The van der Waals surface area contributed by atoms with Crippen molar-refractivity contribution in [3.8, 4) is 0 Å². The van der Waals surface area contributed by atoms with Gasteiger partial charge < -0.3 is 16.0 Å². The van der Waals surface area contributed by atoms with Gasteiger partial charge in [0.2, 0.25) is 5.91 Å². The lowest BCUT2D eigenvalue weighted by molar-refractivity contribution is -0.120. The van der Waals surface area contributed by atoms with Crippen LogP contribution in [-0.4, -0.2) is 34.7 Å². The molecule has 0 saturated heterocycles. The van der Waals surface area contributed by atoms with Gasteiger partial charge in [-0.15, -0.1) is 11.3 Å². The molecule has 0 aromatic carbocycles. The number of nitrogens with one attached hydrogen (secondary N) is 2. The number of carbonyl (C=O) groups is 1. The van der Waals surface area contributed by atoms with Crippen LogP contribution in [0.15, 0.2) is 4.79 Å². The summed E-state index contributed by atoms with van der Waals surface area (Å²) >= 11 is 3.28. The number of aromatic nitrogens is 2. The van der Waals surface area contributed by atoms with Crippen LogP contribution in [0, 0.1) is 5.92 Å². The van der Waals surface area contributed by atoms with Gasteiger partial charge in [0.1, 0.15) is 10.7 Å². The fourth-order valence-electron chi connectivity index (χ4n) is 3.07. The first-order valence-corrected chi connectivity index (χ1v) is 11.1. The third kappa shape index (κ3) is 4.66. The molecule has 0 radical (unpaired) electrons. The Labute approximate surface area is 161 Å². The minimum atomic E-state index is -0.0153. The van der Waals surface area contributed by atoms with Crippen molar-refractivity contribution in [1.82, 2.24) is 15.3 Å². The minimum Gasteiger partial charge on any atom is -0.356 e. The van der Waals surface area contributed by atoms with Gasteiger partial charge in [-0.25, -0.2) is 4.98 Å². The highest BCUT2D eigenvalue weighted by Crippen LogP contribution is 2.33. The summed E-state index contributed by atoms with van der Waals surface area (Å²) in [6, 6.07) is 0. The molecule has 1 atom stereocenters. The number of aromatic amines is 1. The van der Waals surface area contributed by atoms with Gasteiger partial charge in [0.05, 0.1) is 11.1 Å². The van der Waals surface area contributed by atoms with Crippen molar-refractivity contribution in [2.75, 3.05) is 18.8 Å². The van der Waals surface area contributed by atoms with Gasteiger partial charge in [-0.1, -0.05) is 6.92 Å². The normalized spacial score (nSPS) is 15.0. The van der Waals surface area contributed by atoms with Gasteiger partial charge >= 0.3 is 0 Å². The van der Waals surface area contributed by atoms with E-state index in [2.05, 4.69) is 15.3 Å². The average Bonchev–Trinajstić information content (AvgIpc) is 3.02. The van der Waals surface area contributed by atoms with Crippen LogP contribution in [0.5, 0.6) is 0 Å². The van der Waals surface area contributed by atoms with Crippen LogP contribution in [-0.2, 0) is 23.4 Å². The van der Waals surface area contributed by atoms with Crippen LogP contribution in [0.25, 0.3) is 10.2 Å². The molecule has 2 aromatic rings. The largest absolute Gasteiger partial charge is 0.356 e. The number of rotatable bonds is 8. The molecule has 0 saturated carbocycles. The summed E-state index contributed by atoms with van der Waals surface area (Å²) in [5.41, 5.74) is 6.74. The second-order valence-electron chi connectivity index (χ2n) is 6.85. The molecule has 1 amide bonds. The Kier molecular flexibility index (Phi) is 6.72. The molecular formula is C18H26N4O2S2. The fourth-order valence-corrected chi connectivity index (χ4v) is 5.16. The Morgan fingerprint density at radius 2 is 2.23 bits per heavy atom. The van der Waals surface area contributed by atoms with Crippen LogP contribution < -0.4 is 16.6 Å². The standard InChI is InChI=1S/C18H26N4O2S2/c1-11(8-19)9-20-15(23)6-7-25-10-14-21-17(24)16-12-4-2-3-5-13(12)26-18(16)22-14/h11H,2-10,19H2,1H3,(H,20,23)(H,21,22,24). The van der Waals surface area contributed by atoms with Gasteiger partial charge in [-0.3, -0.25) is 9.59 Å². The summed E-state index contributed by atoms with van der Waals surface area (Å²) in [6.07, 6.45) is 4.88. The molecule has 2 aromatic heterocycles. The first kappa shape index (κ1) is 19.4. The maximum absolute atomic E-state index is 12.5. The molecule has 26 heavy (non-hydrogen) atoms. The summed E-state index contributed by atoms with van der Waals surface area (Å²) in [7, 11) is 0. The van der Waals surface area contributed by atoms with Gasteiger partial charge in [-0.05, 0) is 43.7 Å². The number of fused-ring (bicyclic) bond motifs is 3. The average molecular weight is 395 g/mol. The van der Waals surface area contributed by atoms with E-state index < -0.39 is 0 Å². The molecule has 3 rings (SSSR count). The van der Waals surface area contributed by atoms with Gasteiger partial charge in [0, 0.05) is 23.6 Å². The van der Waals surface area contributed by atoms with Crippen molar-refractivity contribution in [3.63, 3.8) is 0 Å². The third-order valence-electron chi connectivity index (χ3n) is 4.64. The van der Waals surface area contributed by atoms with Crippen molar-refractivity contribution >= 4 is 39.2 Å². The Morgan fingerprint density at radius 1 is 1.42 bits per heavy atom. The minimum absolute atomic E-state index is 0.0153. The van der Waals surface area contributed by atoms with Crippen LogP contribution in [0.2, 0.25) is 0 Å². The Hall–Kier alpha value is -1.38. The lowest BCUT2D eigenvalue weighted by atomic mass is 9.97. The zero-order valence-corrected chi connectivity index (χ0v) is 16.7. The summed E-state index contributed by atoms with van der Waals surface area (Å²) < 4.78 is 0. The monoisotopic (exact) mass is 394 g/mol. The summed E-state index contributed by atoms with van der Waals surface area (Å²) in [5, 5.41) is 3.69. The highest BCUT2D eigenvalue weighted by Gasteiger charge is 2.19. The lowest BCUT2D eigenvalue weighted by Gasteiger charge is -2.10. The van der Waals surface area contributed by atoms with Gasteiger partial charge in [0.25, 0.3) is 5.56 Å². The summed E-state index contributed by atoms with van der Waals surface area (Å²) in [6.45, 7) is 3.20. The van der Waals surface area contributed by atoms with E-state index in [1.54, 1.807) is 23.1 Å². The maximum atomic E-state index is 12.5. The SMILES string of the molecule is CC(CN)CNC(=O)CCSCc1nc2sc3c(c2c(=O)[nH]1)CCCC3. The molecule has 1 aliphatic rings. The number of thiophene rings is 1. The van der Waals surface area contributed by atoms with E-state index in [-0.39, 0.29) is 11.5 Å². The van der Waals surface area contributed by atoms with Crippen molar-refractivity contribution in [2.45, 2.75) is 44.8 Å². The Balaban J connectivity index is 1.53. The Morgan fingerprint density at radius 3 is 3.04 bits per heavy atom. The molecule has 0 aliphatic heterocycles. The molecule has 0 bridgehead atoms. The van der Waals surface area contributed by atoms with Gasteiger partial charge in [0.15, 0.2) is 0 Å². The molecule has 0 spiro atoms. The highest BCUT2D eigenvalue weighted by molar-refractivity contribution is 7.98. The van der Waals surface area contributed by atoms with Crippen molar-refractivity contribution in [1.29, 1.82) is 0 Å². The highest BCUT2D eigenvalue weighted by atomic mass is 32.2. The lowest BCUT2D eigenvalue weighted by Crippen LogP contribution is -2.31. The number of thioether (sulfide) groups is 1. The first-order valence-electron chi connectivity index (χ1n) is 9.16. The predicted molar refractivity (Wildman–Crippen MR) is 109 cm³/mol. The van der Waals surface area contributed by atoms with Crippen molar-refractivity contribution < 1.29 is 4.79 Å². The van der Waals surface area contributed by atoms with Crippen molar-refractivity contribution in [2.24, 2.45) is 11.7 Å². The number of nitrogens with two attached hydrogens (primary N) is 1. The molecule has 6 nitrogen and oxygen atoms in total. The predicted octanol–water partition coefficient (Wildman–Crippen LogP) is 2.20. The number of carbonyl (C=O) groups excluding carboxylic acids is 1. The smallest absolute Gasteiger partial charge is 0.259 e. The number of aryl methyl sites for hydroxylation is 2. The second kappa shape index (κ2) is 9.01. The molecular weight excluding hydrogens is 368 g/mol. The molecule has 2 heterocycles. The zero-order valence-electron chi connectivity index (χ0n) is 15.1. The molecule has 142 valence electrons. The fraction of sp³-hybridized carbons (Fsp3) is 0.611. The molecule has 4 N–H and O–H groups in total. The summed E-state index contributed by atoms with van der Waals surface area (Å²) in [4.78, 5) is 34.0. The first-order chi connectivity index (χ1) is 12.6. The topological polar surface area (TPSA) is 101 Å². The number of hydrogen-bond donors (Lipinski definition) is 3. The molecule has 8 heteroatoms. The number of amides is 1. The second-order valence-corrected chi connectivity index (χ2v) is 9.04. The molecule has 1 unspecified atom stereocenters. The van der Waals surface area contributed by atoms with E-state index >= 15 is 0 Å². The quantitative estimate of drug-likeness (QED) is 0.596. The van der Waals surface area contributed by atoms with E-state index in [9.17, 15) is 9.59 Å². The van der Waals surface area contributed by atoms with E-state index in [0.29, 0.717) is 42.8 Å². The maximum Gasteiger partial charge on any atom is 0.259 e. The number of H-pyrrole nitrogens is 1. The zero-order chi connectivity index (χ0) is 18.5. The van der Waals surface area contributed by atoms with Crippen LogP contribution >= 0.6 is 23.1 Å². The summed E-state index contributed by atoms with van der Waals surface area (Å²) in [5.74, 6) is 2.35. The molecule has 1 aliphatic carbocycles. The van der Waals surface area contributed by atoms with Crippen LogP contribution in [0.4, 0.5) is 0 Å². The van der Waals surface area contributed by atoms with Crippen LogP contribution in [0.1, 0.15) is 42.5 Å². The number of hydrogen-bond acceptors (Lipinski definition) is 6. The van der Waals surface area contributed by atoms with Crippen LogP contribution in [0.3, 0.4) is 0 Å². The Bertz CT molecular complexity index is 830. The number of nitrogens with zero attached hydrogens (tertiary/aromatic N) is 1. The molecule has 0 fully saturated rings. The van der Waals surface area contributed by atoms with E-state index in [4.69, 9.17) is 5.73 Å². The van der Waals surface area contributed by atoms with Crippen molar-refractivity contribution in [3.05, 3.63) is 26.6 Å². The van der Waals surface area contributed by atoms with Gasteiger partial charge in [-0.2, -0.15) is 11.8 Å². The van der Waals surface area contributed by atoms with E-state index in [1.165, 1.54) is 16.9 Å². The van der Waals surface area contributed by atoms with E-state index in [1.807, 2.05) is 6.92 Å². The van der Waals surface area contributed by atoms with E-state index in [0.717, 1.165) is 29.5 Å².